The molecule has 1 aliphatic rings. The minimum atomic E-state index is -0.344. The SMILES string of the molecule is CCOC(=O)c1c(NC(=O)[C@@H](C)Sc2nc3ccccc3s2)sc2c1CCC2. The van der Waals surface area contributed by atoms with Crippen LogP contribution in [-0.2, 0) is 22.4 Å². The molecular weight excluding hydrogens is 412 g/mol. The lowest BCUT2D eigenvalue weighted by Gasteiger charge is -2.11. The Morgan fingerprint density at radius 1 is 1.29 bits per heavy atom. The number of thioether (sulfide) groups is 1. The smallest absolute Gasteiger partial charge is 0.341 e. The van der Waals surface area contributed by atoms with E-state index in [1.165, 1.54) is 28.0 Å². The molecule has 1 atom stereocenters. The summed E-state index contributed by atoms with van der Waals surface area (Å²) in [5.41, 5.74) is 2.54. The molecule has 0 spiro atoms. The number of benzene rings is 1. The summed E-state index contributed by atoms with van der Waals surface area (Å²) in [5.74, 6) is -0.474. The van der Waals surface area contributed by atoms with Crippen LogP contribution in [0.2, 0.25) is 0 Å². The van der Waals surface area contributed by atoms with Crippen molar-refractivity contribution in [2.45, 2.75) is 42.7 Å². The molecule has 1 aliphatic carbocycles. The van der Waals surface area contributed by atoms with Crippen LogP contribution in [0.25, 0.3) is 10.2 Å². The van der Waals surface area contributed by atoms with E-state index in [0.29, 0.717) is 17.2 Å². The number of carbonyl (C=O) groups excluding carboxylic acids is 2. The number of fused-ring (bicyclic) bond motifs is 2. The zero-order chi connectivity index (χ0) is 19.7. The van der Waals surface area contributed by atoms with E-state index >= 15 is 0 Å². The first-order valence-corrected chi connectivity index (χ1v) is 11.7. The number of hydrogen-bond acceptors (Lipinski definition) is 7. The number of aromatic nitrogens is 1. The minimum absolute atomic E-state index is 0.130. The lowest BCUT2D eigenvalue weighted by Crippen LogP contribution is -2.23. The largest absolute Gasteiger partial charge is 0.462 e. The number of nitrogens with one attached hydrogen (secondary N) is 1. The van der Waals surface area contributed by atoms with Crippen LogP contribution in [0.5, 0.6) is 0 Å². The zero-order valence-electron chi connectivity index (χ0n) is 15.6. The average Bonchev–Trinajstić information content (AvgIpc) is 3.34. The number of aryl methyl sites for hydroxylation is 1. The van der Waals surface area contributed by atoms with E-state index < -0.39 is 0 Å². The highest BCUT2D eigenvalue weighted by Crippen LogP contribution is 2.40. The van der Waals surface area contributed by atoms with Crippen molar-refractivity contribution < 1.29 is 14.3 Å². The fourth-order valence-electron chi connectivity index (χ4n) is 3.23. The van der Waals surface area contributed by atoms with Crippen LogP contribution in [0.4, 0.5) is 5.00 Å². The van der Waals surface area contributed by atoms with Gasteiger partial charge >= 0.3 is 5.97 Å². The van der Waals surface area contributed by atoms with Gasteiger partial charge in [0.05, 0.1) is 27.6 Å². The van der Waals surface area contributed by atoms with Gasteiger partial charge in [0.25, 0.3) is 0 Å². The highest BCUT2D eigenvalue weighted by atomic mass is 32.2. The number of hydrogen-bond donors (Lipinski definition) is 1. The summed E-state index contributed by atoms with van der Waals surface area (Å²) in [5, 5.41) is 3.26. The van der Waals surface area contributed by atoms with Crippen LogP contribution < -0.4 is 5.32 Å². The number of thiazole rings is 1. The third-order valence-corrected chi connectivity index (χ3v) is 8.00. The summed E-state index contributed by atoms with van der Waals surface area (Å²) in [4.78, 5) is 31.0. The highest BCUT2D eigenvalue weighted by molar-refractivity contribution is 8.02. The van der Waals surface area contributed by atoms with Gasteiger partial charge in [-0.1, -0.05) is 23.9 Å². The molecule has 0 bridgehead atoms. The predicted octanol–water partition coefficient (Wildman–Crippen LogP) is 5.14. The predicted molar refractivity (Wildman–Crippen MR) is 116 cm³/mol. The van der Waals surface area contributed by atoms with Crippen molar-refractivity contribution in [3.05, 3.63) is 40.3 Å². The van der Waals surface area contributed by atoms with Crippen LogP contribution in [-0.4, -0.2) is 28.7 Å². The van der Waals surface area contributed by atoms with Crippen molar-refractivity contribution in [1.82, 2.24) is 4.98 Å². The highest BCUT2D eigenvalue weighted by Gasteiger charge is 2.29. The van der Waals surface area contributed by atoms with E-state index in [0.717, 1.165) is 39.4 Å². The quantitative estimate of drug-likeness (QED) is 0.431. The summed E-state index contributed by atoms with van der Waals surface area (Å²) in [6, 6.07) is 7.94. The molecule has 5 nitrogen and oxygen atoms in total. The minimum Gasteiger partial charge on any atom is -0.462 e. The van der Waals surface area contributed by atoms with Crippen LogP contribution in [0.1, 0.15) is 41.1 Å². The van der Waals surface area contributed by atoms with Crippen LogP contribution in [0, 0.1) is 0 Å². The molecule has 3 aromatic rings. The number of thiophene rings is 1. The molecule has 0 unspecified atom stereocenters. The topological polar surface area (TPSA) is 68.3 Å². The average molecular weight is 433 g/mol. The molecule has 2 heterocycles. The lowest BCUT2D eigenvalue weighted by molar-refractivity contribution is -0.115. The van der Waals surface area contributed by atoms with E-state index in [4.69, 9.17) is 4.74 Å². The number of esters is 1. The molecule has 1 N–H and O–H groups in total. The Bertz CT molecular complexity index is 1010. The van der Waals surface area contributed by atoms with Gasteiger partial charge in [-0.25, -0.2) is 9.78 Å². The molecule has 2 aromatic heterocycles. The first kappa shape index (κ1) is 19.4. The molecule has 0 radical (unpaired) electrons. The number of rotatable bonds is 6. The van der Waals surface area contributed by atoms with Gasteiger partial charge in [0, 0.05) is 4.88 Å². The van der Waals surface area contributed by atoms with E-state index in [1.807, 2.05) is 31.2 Å². The summed E-state index contributed by atoms with van der Waals surface area (Å²) in [6.45, 7) is 3.97. The Morgan fingerprint density at radius 2 is 2.11 bits per heavy atom. The van der Waals surface area contributed by atoms with Crippen molar-refractivity contribution in [3.8, 4) is 0 Å². The Kier molecular flexibility index (Phi) is 5.70. The van der Waals surface area contributed by atoms with Crippen LogP contribution in [0.3, 0.4) is 0 Å². The summed E-state index contributed by atoms with van der Waals surface area (Å²) < 4.78 is 7.20. The molecule has 0 fully saturated rings. The van der Waals surface area contributed by atoms with Crippen molar-refractivity contribution in [1.29, 1.82) is 0 Å². The van der Waals surface area contributed by atoms with Gasteiger partial charge in [-0.2, -0.15) is 0 Å². The number of carbonyl (C=O) groups is 2. The summed E-state index contributed by atoms with van der Waals surface area (Å²) >= 11 is 4.52. The van der Waals surface area contributed by atoms with Crippen molar-refractivity contribution >= 4 is 61.5 Å². The monoisotopic (exact) mass is 432 g/mol. The second kappa shape index (κ2) is 8.23. The molecule has 4 rings (SSSR count). The van der Waals surface area contributed by atoms with E-state index in [1.54, 1.807) is 18.3 Å². The van der Waals surface area contributed by atoms with Crippen LogP contribution in [0.15, 0.2) is 28.6 Å². The summed E-state index contributed by atoms with van der Waals surface area (Å²) in [7, 11) is 0. The number of nitrogens with zero attached hydrogens (tertiary/aromatic N) is 1. The number of ether oxygens (including phenoxy) is 1. The van der Waals surface area contributed by atoms with Crippen molar-refractivity contribution in [2.24, 2.45) is 0 Å². The van der Waals surface area contributed by atoms with Crippen LogP contribution >= 0.6 is 34.4 Å². The van der Waals surface area contributed by atoms with Crippen molar-refractivity contribution in [3.63, 3.8) is 0 Å². The summed E-state index contributed by atoms with van der Waals surface area (Å²) in [6.07, 6.45) is 2.87. The molecular formula is C20H20N2O3S3. The second-order valence-electron chi connectivity index (χ2n) is 6.48. The number of anilines is 1. The molecule has 28 heavy (non-hydrogen) atoms. The van der Waals surface area contributed by atoms with E-state index in [9.17, 15) is 9.59 Å². The van der Waals surface area contributed by atoms with Gasteiger partial charge in [-0.05, 0) is 50.8 Å². The number of amides is 1. The normalized spacial score (nSPS) is 14.1. The lowest BCUT2D eigenvalue weighted by atomic mass is 10.1. The Morgan fingerprint density at radius 3 is 2.89 bits per heavy atom. The van der Waals surface area contributed by atoms with Gasteiger partial charge in [0.15, 0.2) is 4.34 Å². The fourth-order valence-corrected chi connectivity index (χ4v) is 6.72. The molecule has 1 aromatic carbocycles. The third-order valence-electron chi connectivity index (χ3n) is 4.56. The van der Waals surface area contributed by atoms with Gasteiger partial charge in [0.2, 0.25) is 5.91 Å². The zero-order valence-corrected chi connectivity index (χ0v) is 18.1. The first-order chi connectivity index (χ1) is 13.6. The maximum Gasteiger partial charge on any atom is 0.341 e. The maximum atomic E-state index is 12.8. The van der Waals surface area contributed by atoms with Gasteiger partial charge in [0.1, 0.15) is 5.00 Å². The molecule has 0 saturated carbocycles. The molecule has 1 amide bonds. The van der Waals surface area contributed by atoms with E-state index in [-0.39, 0.29) is 17.1 Å². The number of para-hydroxylation sites is 1. The molecule has 0 saturated heterocycles. The standard InChI is InChI=1S/C20H20N2O3S3/c1-3-25-19(24)16-12-7-6-10-14(12)27-18(16)22-17(23)11(2)26-20-21-13-8-4-5-9-15(13)28-20/h4-5,8-9,11H,3,6-7,10H2,1-2H3,(H,22,23)/t11-/m1/s1. The second-order valence-corrected chi connectivity index (χ2v) is 10.2. The van der Waals surface area contributed by atoms with Gasteiger partial charge < -0.3 is 10.1 Å². The van der Waals surface area contributed by atoms with Crippen molar-refractivity contribution in [2.75, 3.05) is 11.9 Å². The third kappa shape index (κ3) is 3.81. The van der Waals surface area contributed by atoms with E-state index in [2.05, 4.69) is 10.3 Å². The fraction of sp³-hybridized carbons (Fsp3) is 0.350. The Hall–Kier alpha value is -1.90. The molecule has 8 heteroatoms. The van der Waals surface area contributed by atoms with Gasteiger partial charge in [-0.3, -0.25) is 4.79 Å². The molecule has 146 valence electrons. The maximum absolute atomic E-state index is 12.8. The first-order valence-electron chi connectivity index (χ1n) is 9.21. The Labute approximate surface area is 175 Å². The molecule has 0 aliphatic heterocycles. The Balaban J connectivity index is 1.50. The van der Waals surface area contributed by atoms with Gasteiger partial charge in [-0.15, -0.1) is 22.7 Å².